The van der Waals surface area contributed by atoms with Crippen LogP contribution in [-0.2, 0) is 0 Å². The van der Waals surface area contributed by atoms with Gasteiger partial charge in [0, 0.05) is 39.3 Å². The number of rotatable bonds is 5. The Labute approximate surface area is 111 Å². The Balaban J connectivity index is 2.37. The average molecular weight is 255 g/mol. The van der Waals surface area contributed by atoms with Gasteiger partial charge in [0.2, 0.25) is 5.96 Å². The highest BCUT2D eigenvalue weighted by Gasteiger charge is 2.19. The molecule has 0 aliphatic carbocycles. The number of hydrazine groups is 1. The summed E-state index contributed by atoms with van der Waals surface area (Å²) in [7, 11) is 0. The van der Waals surface area contributed by atoms with Gasteiger partial charge in [-0.15, -0.1) is 0 Å². The van der Waals surface area contributed by atoms with Gasteiger partial charge in [0.1, 0.15) is 0 Å². The number of hydrogen-bond donors (Lipinski definition) is 2. The Morgan fingerprint density at radius 1 is 1.28 bits per heavy atom. The van der Waals surface area contributed by atoms with E-state index in [0.29, 0.717) is 0 Å². The highest BCUT2D eigenvalue weighted by Crippen LogP contribution is 2.05. The molecule has 1 rings (SSSR count). The Morgan fingerprint density at radius 3 is 2.44 bits per heavy atom. The monoisotopic (exact) mass is 255 g/mol. The van der Waals surface area contributed by atoms with Crippen LogP contribution in [0.4, 0.5) is 0 Å². The van der Waals surface area contributed by atoms with Crippen molar-refractivity contribution >= 4 is 5.96 Å². The summed E-state index contributed by atoms with van der Waals surface area (Å²) in [6.45, 7) is 13.0. The maximum absolute atomic E-state index is 5.57. The quantitative estimate of drug-likeness (QED) is 0.252. The number of nitrogens with two attached hydrogens (primary N) is 1. The van der Waals surface area contributed by atoms with Crippen LogP contribution in [0.1, 0.15) is 33.6 Å². The molecule has 1 aliphatic heterocycles. The average Bonchev–Trinajstić information content (AvgIpc) is 2.35. The molecule has 0 unspecified atom stereocenters. The lowest BCUT2D eigenvalue weighted by Gasteiger charge is -2.36. The SMILES string of the molecule is CCCCN=C(NN)N1CCN(CC(C)C)CC1. The number of piperazine rings is 1. The zero-order valence-electron chi connectivity index (χ0n) is 12.2. The van der Waals surface area contributed by atoms with Gasteiger partial charge in [0.05, 0.1) is 0 Å². The van der Waals surface area contributed by atoms with Crippen molar-refractivity contribution in [2.45, 2.75) is 33.6 Å². The molecule has 1 aliphatic rings. The molecule has 1 heterocycles. The van der Waals surface area contributed by atoms with Gasteiger partial charge in [-0.25, -0.2) is 5.84 Å². The third kappa shape index (κ3) is 5.23. The van der Waals surface area contributed by atoms with Gasteiger partial charge in [-0.3, -0.25) is 15.3 Å². The molecule has 1 fully saturated rings. The summed E-state index contributed by atoms with van der Waals surface area (Å²) in [5.74, 6) is 7.16. The number of nitrogens with zero attached hydrogens (tertiary/aromatic N) is 3. The third-order valence-corrected chi connectivity index (χ3v) is 3.20. The smallest absolute Gasteiger partial charge is 0.208 e. The van der Waals surface area contributed by atoms with Crippen molar-refractivity contribution in [1.82, 2.24) is 15.2 Å². The molecule has 0 bridgehead atoms. The zero-order chi connectivity index (χ0) is 13.4. The Kier molecular flexibility index (Phi) is 7.05. The number of hydrogen-bond acceptors (Lipinski definition) is 3. The lowest BCUT2D eigenvalue weighted by molar-refractivity contribution is 0.164. The van der Waals surface area contributed by atoms with Crippen LogP contribution in [0.3, 0.4) is 0 Å². The first kappa shape index (κ1) is 15.2. The second kappa shape index (κ2) is 8.32. The van der Waals surface area contributed by atoms with Gasteiger partial charge < -0.3 is 4.90 Å². The van der Waals surface area contributed by atoms with Crippen molar-refractivity contribution in [2.75, 3.05) is 39.3 Å². The second-order valence-corrected chi connectivity index (χ2v) is 5.38. The number of unbranched alkanes of at least 4 members (excludes halogenated alkanes) is 1. The molecule has 18 heavy (non-hydrogen) atoms. The minimum Gasteiger partial charge on any atom is -0.339 e. The van der Waals surface area contributed by atoms with E-state index in [0.717, 1.165) is 51.0 Å². The van der Waals surface area contributed by atoms with Crippen LogP contribution in [0.25, 0.3) is 0 Å². The predicted molar refractivity (Wildman–Crippen MR) is 77.4 cm³/mol. The first-order valence-electron chi connectivity index (χ1n) is 7.15. The topological polar surface area (TPSA) is 56.9 Å². The van der Waals surface area contributed by atoms with Crippen molar-refractivity contribution in [3.05, 3.63) is 0 Å². The number of guanidine groups is 1. The third-order valence-electron chi connectivity index (χ3n) is 3.20. The number of nitrogens with one attached hydrogen (secondary N) is 1. The van der Waals surface area contributed by atoms with Crippen molar-refractivity contribution in [3.8, 4) is 0 Å². The normalized spacial score (nSPS) is 18.5. The van der Waals surface area contributed by atoms with Crippen LogP contribution in [0.5, 0.6) is 0 Å². The molecule has 5 nitrogen and oxygen atoms in total. The lowest BCUT2D eigenvalue weighted by Crippen LogP contribution is -2.54. The lowest BCUT2D eigenvalue weighted by atomic mass is 10.2. The van der Waals surface area contributed by atoms with Gasteiger partial charge >= 0.3 is 0 Å². The largest absolute Gasteiger partial charge is 0.339 e. The van der Waals surface area contributed by atoms with Crippen LogP contribution >= 0.6 is 0 Å². The molecular weight excluding hydrogens is 226 g/mol. The first-order chi connectivity index (χ1) is 8.67. The van der Waals surface area contributed by atoms with Crippen LogP contribution in [-0.4, -0.2) is 55.0 Å². The minimum absolute atomic E-state index is 0.738. The Morgan fingerprint density at radius 2 is 1.94 bits per heavy atom. The standard InChI is InChI=1S/C13H29N5/c1-4-5-6-15-13(16-14)18-9-7-17(8-10-18)11-12(2)3/h12H,4-11,14H2,1-3H3,(H,15,16). The van der Waals surface area contributed by atoms with E-state index in [1.165, 1.54) is 13.0 Å². The van der Waals surface area contributed by atoms with E-state index in [1.54, 1.807) is 0 Å². The van der Waals surface area contributed by atoms with Crippen LogP contribution in [0.2, 0.25) is 0 Å². The van der Waals surface area contributed by atoms with E-state index >= 15 is 0 Å². The van der Waals surface area contributed by atoms with Gasteiger partial charge in [-0.2, -0.15) is 0 Å². The molecule has 0 aromatic heterocycles. The fraction of sp³-hybridized carbons (Fsp3) is 0.923. The molecule has 0 aromatic rings. The number of aliphatic imine (C=N–C) groups is 1. The minimum atomic E-state index is 0.738. The highest BCUT2D eigenvalue weighted by atomic mass is 15.4. The maximum atomic E-state index is 5.57. The second-order valence-electron chi connectivity index (χ2n) is 5.38. The van der Waals surface area contributed by atoms with Crippen molar-refractivity contribution < 1.29 is 0 Å². The summed E-state index contributed by atoms with van der Waals surface area (Å²) in [4.78, 5) is 9.30. The molecule has 0 saturated carbocycles. The molecule has 0 radical (unpaired) electrons. The molecule has 1 saturated heterocycles. The van der Waals surface area contributed by atoms with Gasteiger partial charge in [0.15, 0.2) is 0 Å². The molecule has 5 heteroatoms. The fourth-order valence-electron chi connectivity index (χ4n) is 2.24. The molecule has 106 valence electrons. The van der Waals surface area contributed by atoms with Crippen molar-refractivity contribution in [3.63, 3.8) is 0 Å². The molecule has 3 N–H and O–H groups in total. The van der Waals surface area contributed by atoms with Gasteiger partial charge in [0.25, 0.3) is 0 Å². The fourth-order valence-corrected chi connectivity index (χ4v) is 2.24. The van der Waals surface area contributed by atoms with E-state index in [-0.39, 0.29) is 0 Å². The van der Waals surface area contributed by atoms with E-state index in [2.05, 4.69) is 41.0 Å². The zero-order valence-corrected chi connectivity index (χ0v) is 12.2. The summed E-state index contributed by atoms with van der Waals surface area (Å²) in [6, 6.07) is 0. The summed E-state index contributed by atoms with van der Waals surface area (Å²) >= 11 is 0. The molecule has 0 aromatic carbocycles. The molecular formula is C13H29N5. The van der Waals surface area contributed by atoms with Crippen molar-refractivity contribution in [2.24, 2.45) is 16.8 Å². The van der Waals surface area contributed by atoms with Crippen molar-refractivity contribution in [1.29, 1.82) is 0 Å². The molecule has 0 spiro atoms. The van der Waals surface area contributed by atoms with E-state index < -0.39 is 0 Å². The first-order valence-corrected chi connectivity index (χ1v) is 7.15. The summed E-state index contributed by atoms with van der Waals surface area (Å²) in [6.07, 6.45) is 2.29. The molecule has 0 atom stereocenters. The summed E-state index contributed by atoms with van der Waals surface area (Å²) in [5, 5.41) is 0. The van der Waals surface area contributed by atoms with Gasteiger partial charge in [-0.1, -0.05) is 27.2 Å². The van der Waals surface area contributed by atoms with Crippen LogP contribution < -0.4 is 11.3 Å². The molecule has 0 amide bonds. The van der Waals surface area contributed by atoms with Crippen LogP contribution in [0.15, 0.2) is 4.99 Å². The summed E-state index contributed by atoms with van der Waals surface area (Å²) < 4.78 is 0. The Bertz CT molecular complexity index is 244. The van der Waals surface area contributed by atoms with Crippen LogP contribution in [0, 0.1) is 5.92 Å². The van der Waals surface area contributed by atoms with E-state index in [1.807, 2.05) is 0 Å². The summed E-state index contributed by atoms with van der Waals surface area (Å²) in [5.41, 5.74) is 2.74. The van der Waals surface area contributed by atoms with Gasteiger partial charge in [-0.05, 0) is 12.3 Å². The van der Waals surface area contributed by atoms with E-state index in [9.17, 15) is 0 Å². The highest BCUT2D eigenvalue weighted by molar-refractivity contribution is 5.79. The maximum Gasteiger partial charge on any atom is 0.208 e. The van der Waals surface area contributed by atoms with E-state index in [4.69, 9.17) is 5.84 Å². The predicted octanol–water partition coefficient (Wildman–Crippen LogP) is 0.879. The Hall–Kier alpha value is -0.810.